The minimum Gasteiger partial charge on any atom is -0.297 e. The van der Waals surface area contributed by atoms with Gasteiger partial charge >= 0.3 is 0 Å². The molecule has 0 bridgehead atoms. The number of rotatable bonds is 2. The van der Waals surface area contributed by atoms with Crippen molar-refractivity contribution >= 4 is 17.6 Å². The zero-order chi connectivity index (χ0) is 9.97. The molecule has 70 valence electrons. The lowest BCUT2D eigenvalue weighted by atomic mass is 10.1. The van der Waals surface area contributed by atoms with Gasteiger partial charge in [-0.1, -0.05) is 6.07 Å². The Labute approximate surface area is 86.2 Å². The Morgan fingerprint density at radius 1 is 1.50 bits per heavy atom. The lowest BCUT2D eigenvalue weighted by Crippen LogP contribution is -1.77. The summed E-state index contributed by atoms with van der Waals surface area (Å²) in [5, 5.41) is 0. The Hall–Kier alpha value is -1.48. The highest BCUT2D eigenvalue weighted by atomic mass is 32.1. The Bertz CT molecular complexity index is 448. The molecule has 0 radical (unpaired) electrons. The molecule has 2 rings (SSSR count). The van der Waals surface area contributed by atoms with Crippen LogP contribution in [-0.4, -0.2) is 11.3 Å². The van der Waals surface area contributed by atoms with E-state index in [1.807, 2.05) is 31.3 Å². The van der Waals surface area contributed by atoms with Gasteiger partial charge in [0.05, 0.1) is 4.88 Å². The molecule has 0 aliphatic rings. The van der Waals surface area contributed by atoms with Crippen molar-refractivity contribution in [1.29, 1.82) is 0 Å². The molecule has 3 heteroatoms. The van der Waals surface area contributed by atoms with E-state index in [-0.39, 0.29) is 0 Å². The summed E-state index contributed by atoms with van der Waals surface area (Å²) in [6.07, 6.45) is 4.44. The summed E-state index contributed by atoms with van der Waals surface area (Å²) in [5.74, 6) is 0. The van der Waals surface area contributed by atoms with Crippen molar-refractivity contribution in [3.63, 3.8) is 0 Å². The second-order valence-electron chi connectivity index (χ2n) is 2.98. The quantitative estimate of drug-likeness (QED) is 0.702. The fourth-order valence-electron chi connectivity index (χ4n) is 1.37. The SMILES string of the molecule is Cc1sc(C=O)cc1-c1cccnc1. The van der Waals surface area contributed by atoms with Gasteiger partial charge in [-0.15, -0.1) is 11.3 Å². The highest BCUT2D eigenvalue weighted by Crippen LogP contribution is 2.29. The summed E-state index contributed by atoms with van der Waals surface area (Å²) >= 11 is 1.51. The normalized spacial score (nSPS) is 10.1. The Morgan fingerprint density at radius 2 is 2.36 bits per heavy atom. The Morgan fingerprint density at radius 3 is 2.93 bits per heavy atom. The summed E-state index contributed by atoms with van der Waals surface area (Å²) in [5.41, 5.74) is 2.17. The second-order valence-corrected chi connectivity index (χ2v) is 4.27. The van der Waals surface area contributed by atoms with Gasteiger partial charge < -0.3 is 0 Å². The van der Waals surface area contributed by atoms with Crippen molar-refractivity contribution in [1.82, 2.24) is 4.98 Å². The number of aldehydes is 1. The molecule has 0 saturated heterocycles. The summed E-state index contributed by atoms with van der Waals surface area (Å²) in [7, 11) is 0. The lowest BCUT2D eigenvalue weighted by Gasteiger charge is -1.97. The van der Waals surface area contributed by atoms with Crippen LogP contribution in [0, 0.1) is 6.92 Å². The average Bonchev–Trinajstić information content (AvgIpc) is 2.61. The van der Waals surface area contributed by atoms with Gasteiger partial charge in [-0.3, -0.25) is 9.78 Å². The molecule has 0 unspecified atom stereocenters. The summed E-state index contributed by atoms with van der Waals surface area (Å²) in [6, 6.07) is 5.80. The number of hydrogen-bond acceptors (Lipinski definition) is 3. The highest BCUT2D eigenvalue weighted by Gasteiger charge is 2.06. The zero-order valence-corrected chi connectivity index (χ0v) is 8.54. The van der Waals surface area contributed by atoms with E-state index in [4.69, 9.17) is 0 Å². The van der Waals surface area contributed by atoms with Crippen LogP contribution in [0.5, 0.6) is 0 Å². The Kier molecular flexibility index (Phi) is 2.41. The lowest BCUT2D eigenvalue weighted by molar-refractivity contribution is 0.112. The van der Waals surface area contributed by atoms with Gasteiger partial charge in [0.1, 0.15) is 0 Å². The highest BCUT2D eigenvalue weighted by molar-refractivity contribution is 7.14. The van der Waals surface area contributed by atoms with E-state index >= 15 is 0 Å². The third kappa shape index (κ3) is 1.59. The summed E-state index contributed by atoms with van der Waals surface area (Å²) < 4.78 is 0. The maximum absolute atomic E-state index is 10.6. The van der Waals surface area contributed by atoms with E-state index in [2.05, 4.69) is 4.98 Å². The van der Waals surface area contributed by atoms with Crippen molar-refractivity contribution < 1.29 is 4.79 Å². The van der Waals surface area contributed by atoms with Gasteiger partial charge in [-0.05, 0) is 24.6 Å². The summed E-state index contributed by atoms with van der Waals surface area (Å²) in [6.45, 7) is 2.01. The van der Waals surface area contributed by atoms with Crippen molar-refractivity contribution in [2.24, 2.45) is 0 Å². The molecule has 0 fully saturated rings. The predicted molar refractivity (Wildman–Crippen MR) is 57.7 cm³/mol. The van der Waals surface area contributed by atoms with E-state index < -0.39 is 0 Å². The van der Waals surface area contributed by atoms with E-state index in [0.29, 0.717) is 0 Å². The van der Waals surface area contributed by atoms with E-state index in [1.54, 1.807) is 6.20 Å². The first-order valence-electron chi connectivity index (χ1n) is 4.27. The van der Waals surface area contributed by atoms with E-state index in [0.717, 1.165) is 27.2 Å². The molecule has 2 nitrogen and oxygen atoms in total. The van der Waals surface area contributed by atoms with Crippen LogP contribution >= 0.6 is 11.3 Å². The largest absolute Gasteiger partial charge is 0.297 e. The monoisotopic (exact) mass is 203 g/mol. The van der Waals surface area contributed by atoms with Crippen LogP contribution in [0.4, 0.5) is 0 Å². The van der Waals surface area contributed by atoms with Crippen molar-refractivity contribution in [2.75, 3.05) is 0 Å². The van der Waals surface area contributed by atoms with Crippen molar-refractivity contribution in [2.45, 2.75) is 6.92 Å². The number of thiophene rings is 1. The Balaban J connectivity index is 2.51. The van der Waals surface area contributed by atoms with Crippen LogP contribution in [0.1, 0.15) is 14.5 Å². The van der Waals surface area contributed by atoms with Crippen LogP contribution in [0.15, 0.2) is 30.6 Å². The van der Waals surface area contributed by atoms with E-state index in [9.17, 15) is 4.79 Å². The van der Waals surface area contributed by atoms with Crippen LogP contribution in [0.25, 0.3) is 11.1 Å². The first-order chi connectivity index (χ1) is 6.81. The van der Waals surface area contributed by atoms with Crippen molar-refractivity contribution in [3.8, 4) is 11.1 Å². The number of carbonyl (C=O) groups is 1. The van der Waals surface area contributed by atoms with Gasteiger partial charge in [0.25, 0.3) is 0 Å². The molecule has 2 heterocycles. The number of nitrogens with zero attached hydrogens (tertiary/aromatic N) is 1. The van der Waals surface area contributed by atoms with Gasteiger partial charge in [0.2, 0.25) is 0 Å². The minimum absolute atomic E-state index is 0.765. The molecule has 2 aromatic rings. The van der Waals surface area contributed by atoms with Crippen LogP contribution < -0.4 is 0 Å². The molecular weight excluding hydrogens is 194 g/mol. The fourth-order valence-corrected chi connectivity index (χ4v) is 2.24. The zero-order valence-electron chi connectivity index (χ0n) is 7.73. The van der Waals surface area contributed by atoms with Crippen molar-refractivity contribution in [3.05, 3.63) is 40.3 Å². The predicted octanol–water partition coefficient (Wildman–Crippen LogP) is 2.93. The summed E-state index contributed by atoms with van der Waals surface area (Å²) in [4.78, 5) is 16.6. The maximum atomic E-state index is 10.6. The second kappa shape index (κ2) is 3.72. The molecule has 0 amide bonds. The third-order valence-electron chi connectivity index (χ3n) is 2.03. The molecule has 0 saturated carbocycles. The standard InChI is InChI=1S/C11H9NOS/c1-8-11(5-10(7-13)14-8)9-3-2-4-12-6-9/h2-7H,1H3. The third-order valence-corrected chi connectivity index (χ3v) is 3.00. The minimum atomic E-state index is 0.765. The number of hydrogen-bond donors (Lipinski definition) is 0. The number of aromatic nitrogens is 1. The topological polar surface area (TPSA) is 30.0 Å². The molecule has 0 N–H and O–H groups in total. The molecule has 0 aliphatic carbocycles. The number of pyridine rings is 1. The molecule has 0 spiro atoms. The number of aryl methyl sites for hydroxylation is 1. The van der Waals surface area contributed by atoms with Gasteiger partial charge in [0, 0.05) is 22.8 Å². The molecule has 0 aliphatic heterocycles. The molecule has 2 aromatic heterocycles. The molecular formula is C11H9NOS. The fraction of sp³-hybridized carbons (Fsp3) is 0.0909. The first-order valence-corrected chi connectivity index (χ1v) is 5.09. The van der Waals surface area contributed by atoms with Gasteiger partial charge in [0.15, 0.2) is 6.29 Å². The smallest absolute Gasteiger partial charge is 0.160 e. The van der Waals surface area contributed by atoms with Gasteiger partial charge in [-0.25, -0.2) is 0 Å². The maximum Gasteiger partial charge on any atom is 0.160 e. The first kappa shape index (κ1) is 9.09. The molecule has 14 heavy (non-hydrogen) atoms. The molecule has 0 atom stereocenters. The van der Waals surface area contributed by atoms with E-state index in [1.165, 1.54) is 11.3 Å². The average molecular weight is 203 g/mol. The molecule has 0 aromatic carbocycles. The van der Waals surface area contributed by atoms with Gasteiger partial charge in [-0.2, -0.15) is 0 Å². The van der Waals surface area contributed by atoms with Crippen LogP contribution in [-0.2, 0) is 0 Å². The van der Waals surface area contributed by atoms with Crippen LogP contribution in [0.2, 0.25) is 0 Å². The van der Waals surface area contributed by atoms with Crippen LogP contribution in [0.3, 0.4) is 0 Å². The number of carbonyl (C=O) groups excluding carboxylic acids is 1.